The molecule has 5 aliphatic rings. The molecule has 0 bridgehead atoms. The lowest BCUT2D eigenvalue weighted by atomic mass is 9.81. The number of fused-ring (bicyclic) bond motifs is 4. The Kier molecular flexibility index (Phi) is 4.54. The zero-order chi connectivity index (χ0) is 25.0. The Bertz CT molecular complexity index is 1540. The first-order valence-corrected chi connectivity index (χ1v) is 13.4. The van der Waals surface area contributed by atoms with E-state index in [2.05, 4.69) is 67.5 Å². The van der Waals surface area contributed by atoms with E-state index in [4.69, 9.17) is 4.74 Å². The molecule has 186 valence electrons. The number of hydrogen-bond donors (Lipinski definition) is 2. The fraction of sp³-hybridized carbons (Fsp3) is 0.452. The van der Waals surface area contributed by atoms with E-state index in [0.29, 0.717) is 0 Å². The molecule has 0 atom stereocenters. The first-order chi connectivity index (χ1) is 17.2. The Morgan fingerprint density at radius 1 is 0.917 bits per heavy atom. The molecule has 0 radical (unpaired) electrons. The van der Waals surface area contributed by atoms with Crippen molar-refractivity contribution in [2.24, 2.45) is 0 Å². The van der Waals surface area contributed by atoms with Gasteiger partial charge in [-0.05, 0) is 68.5 Å². The Morgan fingerprint density at radius 3 is 2.44 bits per heavy atom. The molecule has 0 saturated carbocycles. The molecule has 5 aliphatic heterocycles. The maximum Gasteiger partial charge on any atom is 0.215 e. The van der Waals surface area contributed by atoms with Crippen LogP contribution in [0.5, 0.6) is 11.5 Å². The van der Waals surface area contributed by atoms with Crippen molar-refractivity contribution in [2.75, 3.05) is 31.2 Å². The van der Waals surface area contributed by atoms with Gasteiger partial charge in [-0.1, -0.05) is 6.08 Å². The lowest BCUT2D eigenvalue weighted by Gasteiger charge is -2.47. The van der Waals surface area contributed by atoms with E-state index in [1.165, 1.54) is 22.2 Å². The highest BCUT2D eigenvalue weighted by molar-refractivity contribution is 5.89. The second-order valence-corrected chi connectivity index (χ2v) is 12.1. The Hall–Kier alpha value is -2.89. The van der Waals surface area contributed by atoms with Crippen molar-refractivity contribution in [3.63, 3.8) is 0 Å². The summed E-state index contributed by atoms with van der Waals surface area (Å²) >= 11 is 0. The highest BCUT2D eigenvalue weighted by atomic mass is 16.5. The number of aliphatic hydroxyl groups is 2. The normalized spacial score (nSPS) is 21.7. The zero-order valence-corrected chi connectivity index (χ0v) is 21.7. The molecular formula is C31H35N2O3+. The van der Waals surface area contributed by atoms with E-state index < -0.39 is 0 Å². The standard InChI is InChI=1S/C31H35N2O3/c1-30(2)14-20(16-34)24-12-18-11-19-13-25-21(17-35)15-31(3,4)33-10-6-8-23(27(25)33)29(19)36-28(18)22-7-5-9-32(30)26(22)24/h11-15,34-35H,5-10,16-17H2,1-4H3/q+1. The van der Waals surface area contributed by atoms with Gasteiger partial charge >= 0.3 is 0 Å². The smallest absolute Gasteiger partial charge is 0.215 e. The Balaban J connectivity index is 1.53. The number of rotatable bonds is 2. The van der Waals surface area contributed by atoms with Crippen LogP contribution in [0.2, 0.25) is 0 Å². The van der Waals surface area contributed by atoms with Gasteiger partial charge < -0.3 is 19.8 Å². The molecule has 7 rings (SSSR count). The third-order valence-corrected chi connectivity index (χ3v) is 8.90. The quantitative estimate of drug-likeness (QED) is 0.550. The van der Waals surface area contributed by atoms with Crippen LogP contribution in [0.15, 0.2) is 24.3 Å². The molecule has 2 N–H and O–H groups in total. The van der Waals surface area contributed by atoms with Gasteiger partial charge in [0.1, 0.15) is 18.0 Å². The minimum atomic E-state index is -0.144. The van der Waals surface area contributed by atoms with E-state index in [1.54, 1.807) is 0 Å². The maximum absolute atomic E-state index is 10.3. The summed E-state index contributed by atoms with van der Waals surface area (Å²) in [7, 11) is 0. The van der Waals surface area contributed by atoms with Gasteiger partial charge in [0.15, 0.2) is 5.54 Å². The number of nitrogens with zero attached hydrogens (tertiary/aromatic N) is 2. The van der Waals surface area contributed by atoms with Crippen molar-refractivity contribution in [1.29, 1.82) is 0 Å². The molecule has 0 amide bonds. The molecule has 0 spiro atoms. The Morgan fingerprint density at radius 2 is 1.67 bits per heavy atom. The Labute approximate surface area is 212 Å². The molecule has 36 heavy (non-hydrogen) atoms. The van der Waals surface area contributed by atoms with Crippen LogP contribution in [-0.2, 0) is 12.8 Å². The number of aliphatic hydroxyl groups excluding tert-OH is 2. The molecule has 0 saturated heterocycles. The fourth-order valence-electron chi connectivity index (χ4n) is 7.39. The molecule has 0 fully saturated rings. The summed E-state index contributed by atoms with van der Waals surface area (Å²) in [5.74, 6) is 1.98. The largest absolute Gasteiger partial charge is 0.455 e. The topological polar surface area (TPSA) is 55.9 Å². The maximum atomic E-state index is 10.3. The van der Waals surface area contributed by atoms with E-state index >= 15 is 0 Å². The van der Waals surface area contributed by atoms with Gasteiger partial charge in [-0.25, -0.2) is 4.58 Å². The summed E-state index contributed by atoms with van der Waals surface area (Å²) in [4.78, 5) is 2.50. The summed E-state index contributed by atoms with van der Waals surface area (Å²) in [5.41, 5.74) is 8.86. The number of anilines is 1. The van der Waals surface area contributed by atoms with Crippen molar-refractivity contribution in [1.82, 2.24) is 4.58 Å². The molecule has 5 heteroatoms. The molecule has 5 heterocycles. The molecule has 5 nitrogen and oxygen atoms in total. The molecule has 0 unspecified atom stereocenters. The highest BCUT2D eigenvalue weighted by Gasteiger charge is 2.41. The number of benzene rings is 2. The summed E-state index contributed by atoms with van der Waals surface area (Å²) in [6.45, 7) is 11.0. The van der Waals surface area contributed by atoms with E-state index in [-0.39, 0.29) is 24.3 Å². The lowest BCUT2D eigenvalue weighted by molar-refractivity contribution is 0.335. The first kappa shape index (κ1) is 22.3. The summed E-state index contributed by atoms with van der Waals surface area (Å²) in [6, 6.07) is 4.44. The van der Waals surface area contributed by atoms with Crippen molar-refractivity contribution in [3.05, 3.63) is 62.7 Å². The van der Waals surface area contributed by atoms with Gasteiger partial charge in [0.2, 0.25) is 5.36 Å². The predicted octanol–water partition coefficient (Wildman–Crippen LogP) is 3.15. The third kappa shape index (κ3) is 2.87. The fourth-order valence-corrected chi connectivity index (χ4v) is 7.39. The second-order valence-electron chi connectivity index (χ2n) is 12.1. The van der Waals surface area contributed by atoms with Crippen molar-refractivity contribution < 1.29 is 14.9 Å². The van der Waals surface area contributed by atoms with Gasteiger partial charge in [0.05, 0.1) is 35.6 Å². The molecule has 0 aromatic heterocycles. The predicted molar refractivity (Wildman–Crippen MR) is 144 cm³/mol. The minimum Gasteiger partial charge on any atom is -0.455 e. The highest BCUT2D eigenvalue weighted by Crippen LogP contribution is 2.50. The van der Waals surface area contributed by atoms with Crippen LogP contribution in [0.1, 0.15) is 68.4 Å². The van der Waals surface area contributed by atoms with Crippen molar-refractivity contribution >= 4 is 22.9 Å². The monoisotopic (exact) mass is 483 g/mol. The van der Waals surface area contributed by atoms with Crippen molar-refractivity contribution in [3.8, 4) is 11.5 Å². The van der Waals surface area contributed by atoms with Crippen LogP contribution in [0, 0.1) is 0 Å². The SMILES string of the molecule is CC1(C)C=C(CO)c2cc3c(c4c2N1CCC4)Oc1c2c4c(cc1=C3)C(CO)=CC(C)(C)[N+]=4CCC2. The van der Waals surface area contributed by atoms with Crippen LogP contribution >= 0.6 is 0 Å². The van der Waals surface area contributed by atoms with Gasteiger partial charge in [-0.2, -0.15) is 0 Å². The van der Waals surface area contributed by atoms with Gasteiger partial charge in [-0.3, -0.25) is 0 Å². The molecule has 0 aliphatic carbocycles. The van der Waals surface area contributed by atoms with Crippen LogP contribution < -0.4 is 24.8 Å². The van der Waals surface area contributed by atoms with E-state index in [0.717, 1.165) is 83.3 Å². The summed E-state index contributed by atoms with van der Waals surface area (Å²) in [5, 5.41) is 22.9. The average molecular weight is 484 g/mol. The molecule has 2 aromatic carbocycles. The van der Waals surface area contributed by atoms with Crippen LogP contribution in [0.25, 0.3) is 17.2 Å². The van der Waals surface area contributed by atoms with Crippen LogP contribution in [-0.4, -0.2) is 47.6 Å². The zero-order valence-electron chi connectivity index (χ0n) is 21.7. The number of hydrogen-bond acceptors (Lipinski definition) is 4. The first-order valence-electron chi connectivity index (χ1n) is 13.4. The molecule has 2 aromatic rings. The van der Waals surface area contributed by atoms with Gasteiger partial charge in [0, 0.05) is 48.7 Å². The minimum absolute atomic E-state index is 0.0356. The molecular weight excluding hydrogens is 448 g/mol. The van der Waals surface area contributed by atoms with Gasteiger partial charge in [0.25, 0.3) is 0 Å². The van der Waals surface area contributed by atoms with E-state index in [9.17, 15) is 10.2 Å². The van der Waals surface area contributed by atoms with Gasteiger partial charge in [-0.15, -0.1) is 0 Å². The number of ether oxygens (including phenoxy) is 1. The average Bonchev–Trinajstić information content (AvgIpc) is 2.87. The third-order valence-electron chi connectivity index (χ3n) is 8.90. The van der Waals surface area contributed by atoms with Crippen LogP contribution in [0.3, 0.4) is 0 Å². The van der Waals surface area contributed by atoms with Crippen LogP contribution in [0.4, 0.5) is 5.69 Å². The summed E-state index contributed by atoms with van der Waals surface area (Å²) < 4.78 is 9.44. The van der Waals surface area contributed by atoms with E-state index in [1.807, 2.05) is 0 Å². The van der Waals surface area contributed by atoms with Crippen molar-refractivity contribution in [2.45, 2.75) is 64.5 Å². The summed E-state index contributed by atoms with van der Waals surface area (Å²) in [6.07, 6.45) is 10.9. The second kappa shape index (κ2) is 7.33. The lowest BCUT2D eigenvalue weighted by Crippen LogP contribution is -2.53.